The summed E-state index contributed by atoms with van der Waals surface area (Å²) < 4.78 is 5.41. The second kappa shape index (κ2) is 10.5. The van der Waals surface area contributed by atoms with Crippen LogP contribution < -0.4 is 16.4 Å². The number of rotatable bonds is 4. The minimum absolute atomic E-state index is 0. The van der Waals surface area contributed by atoms with Gasteiger partial charge in [-0.15, -0.1) is 12.4 Å². The third kappa shape index (κ3) is 5.72. The summed E-state index contributed by atoms with van der Waals surface area (Å²) in [6, 6.07) is 0.416. The van der Waals surface area contributed by atoms with Crippen LogP contribution in [-0.4, -0.2) is 61.8 Å². The van der Waals surface area contributed by atoms with Crippen LogP contribution in [0.1, 0.15) is 57.8 Å². The van der Waals surface area contributed by atoms with E-state index in [1.807, 2.05) is 4.90 Å². The Morgan fingerprint density at radius 2 is 1.52 bits per heavy atom. The molecule has 156 valence electrons. The molecule has 7 nitrogen and oxygen atoms in total. The monoisotopic (exact) mass is 402 g/mol. The van der Waals surface area contributed by atoms with Gasteiger partial charge in [-0.2, -0.15) is 0 Å². The SMILES string of the molecule is Cl.NCC1(C(=O)N2CCC(NC(=O)NC3CCCCC3)CC2)CCOCC1. The van der Waals surface area contributed by atoms with Crippen molar-refractivity contribution in [3.63, 3.8) is 0 Å². The lowest BCUT2D eigenvalue weighted by Crippen LogP contribution is -2.55. The molecule has 0 radical (unpaired) electrons. The minimum atomic E-state index is -0.448. The smallest absolute Gasteiger partial charge is 0.315 e. The molecular formula is C19H35ClN4O3. The Bertz CT molecular complexity index is 485. The molecule has 0 aromatic rings. The molecular weight excluding hydrogens is 368 g/mol. The van der Waals surface area contributed by atoms with Gasteiger partial charge < -0.3 is 26.0 Å². The summed E-state index contributed by atoms with van der Waals surface area (Å²) in [5.74, 6) is 0.174. The first-order chi connectivity index (χ1) is 12.6. The number of nitrogens with one attached hydrogen (secondary N) is 2. The number of nitrogens with zero attached hydrogens (tertiary/aromatic N) is 1. The molecule has 3 amide bonds. The summed E-state index contributed by atoms with van der Waals surface area (Å²) in [5.41, 5.74) is 5.51. The van der Waals surface area contributed by atoms with Crippen molar-refractivity contribution in [1.82, 2.24) is 15.5 Å². The number of ether oxygens (including phenoxy) is 1. The van der Waals surface area contributed by atoms with E-state index in [1.165, 1.54) is 19.3 Å². The number of likely N-dealkylation sites (tertiary alicyclic amines) is 1. The predicted octanol–water partition coefficient (Wildman–Crippen LogP) is 1.79. The Morgan fingerprint density at radius 1 is 0.963 bits per heavy atom. The molecule has 0 spiro atoms. The van der Waals surface area contributed by atoms with Gasteiger partial charge in [-0.3, -0.25) is 4.79 Å². The first-order valence-electron chi connectivity index (χ1n) is 10.3. The molecule has 27 heavy (non-hydrogen) atoms. The van der Waals surface area contributed by atoms with E-state index in [9.17, 15) is 9.59 Å². The van der Waals surface area contributed by atoms with Crippen LogP contribution in [0.5, 0.6) is 0 Å². The lowest BCUT2D eigenvalue weighted by molar-refractivity contribution is -0.148. The van der Waals surface area contributed by atoms with Crippen molar-refractivity contribution < 1.29 is 14.3 Å². The average molecular weight is 403 g/mol. The fraction of sp³-hybridized carbons (Fsp3) is 0.895. The van der Waals surface area contributed by atoms with Gasteiger partial charge in [-0.1, -0.05) is 19.3 Å². The molecule has 0 bridgehead atoms. The minimum Gasteiger partial charge on any atom is -0.381 e. The zero-order valence-corrected chi connectivity index (χ0v) is 17.0. The fourth-order valence-electron chi connectivity index (χ4n) is 4.49. The molecule has 3 aliphatic rings. The van der Waals surface area contributed by atoms with Crippen LogP contribution in [-0.2, 0) is 9.53 Å². The molecule has 0 unspecified atom stereocenters. The quantitative estimate of drug-likeness (QED) is 0.667. The van der Waals surface area contributed by atoms with Gasteiger partial charge in [0.05, 0.1) is 5.41 Å². The number of amides is 3. The van der Waals surface area contributed by atoms with Crippen molar-refractivity contribution in [2.75, 3.05) is 32.8 Å². The molecule has 3 fully saturated rings. The lowest BCUT2D eigenvalue weighted by Gasteiger charge is -2.41. The maximum Gasteiger partial charge on any atom is 0.315 e. The van der Waals surface area contributed by atoms with E-state index < -0.39 is 5.41 Å². The molecule has 2 aliphatic heterocycles. The molecule has 4 N–H and O–H groups in total. The highest BCUT2D eigenvalue weighted by Gasteiger charge is 2.42. The number of nitrogens with two attached hydrogens (primary N) is 1. The van der Waals surface area contributed by atoms with Crippen LogP contribution in [0.25, 0.3) is 0 Å². The van der Waals surface area contributed by atoms with Crippen molar-refractivity contribution in [3.05, 3.63) is 0 Å². The van der Waals surface area contributed by atoms with E-state index in [-0.39, 0.29) is 30.4 Å². The van der Waals surface area contributed by atoms with E-state index in [0.29, 0.717) is 51.7 Å². The maximum atomic E-state index is 13.0. The average Bonchev–Trinajstić information content (AvgIpc) is 2.69. The van der Waals surface area contributed by atoms with Crippen LogP contribution in [0.3, 0.4) is 0 Å². The normalized spacial score (nSPS) is 24.0. The molecule has 8 heteroatoms. The number of hydrogen-bond donors (Lipinski definition) is 3. The third-order valence-electron chi connectivity index (χ3n) is 6.35. The first kappa shape index (κ1) is 22.2. The van der Waals surface area contributed by atoms with Gasteiger partial charge in [0, 0.05) is 44.9 Å². The van der Waals surface area contributed by atoms with Crippen molar-refractivity contribution in [2.45, 2.75) is 69.9 Å². The topological polar surface area (TPSA) is 96.7 Å². The highest BCUT2D eigenvalue weighted by Crippen LogP contribution is 2.32. The van der Waals surface area contributed by atoms with Gasteiger partial charge in [0.15, 0.2) is 0 Å². The summed E-state index contributed by atoms with van der Waals surface area (Å²) in [6.45, 7) is 2.99. The van der Waals surface area contributed by atoms with E-state index in [1.54, 1.807) is 0 Å². The van der Waals surface area contributed by atoms with Gasteiger partial charge in [0.25, 0.3) is 0 Å². The first-order valence-corrected chi connectivity index (χ1v) is 10.3. The summed E-state index contributed by atoms with van der Waals surface area (Å²) >= 11 is 0. The van der Waals surface area contributed by atoms with Gasteiger partial charge in [0.2, 0.25) is 5.91 Å². The van der Waals surface area contributed by atoms with Crippen LogP contribution >= 0.6 is 12.4 Å². The standard InChI is InChI=1S/C19H34N4O3.ClH/c20-14-19(8-12-26-13-9-19)17(24)23-10-6-16(7-11-23)22-18(25)21-15-4-2-1-3-5-15;/h15-16H,1-14,20H2,(H2,21,22,25);1H. The van der Waals surface area contributed by atoms with Crippen LogP contribution in [0.4, 0.5) is 4.79 Å². The fourth-order valence-corrected chi connectivity index (χ4v) is 4.49. The Labute approximate surface area is 168 Å². The summed E-state index contributed by atoms with van der Waals surface area (Å²) in [5, 5.41) is 6.20. The Balaban J connectivity index is 0.00000261. The third-order valence-corrected chi connectivity index (χ3v) is 6.35. The van der Waals surface area contributed by atoms with Crippen molar-refractivity contribution in [2.24, 2.45) is 11.1 Å². The van der Waals surface area contributed by atoms with E-state index in [2.05, 4.69) is 10.6 Å². The predicted molar refractivity (Wildman–Crippen MR) is 107 cm³/mol. The highest BCUT2D eigenvalue weighted by molar-refractivity contribution is 5.85. The number of piperidine rings is 1. The molecule has 2 heterocycles. The van der Waals surface area contributed by atoms with Crippen molar-refractivity contribution in [1.29, 1.82) is 0 Å². The zero-order chi connectivity index (χ0) is 18.4. The number of halogens is 1. The number of carbonyl (C=O) groups is 2. The van der Waals surface area contributed by atoms with Crippen molar-refractivity contribution >= 4 is 24.3 Å². The van der Waals surface area contributed by atoms with Gasteiger partial charge >= 0.3 is 6.03 Å². The van der Waals surface area contributed by atoms with Gasteiger partial charge in [-0.05, 0) is 38.5 Å². The molecule has 3 rings (SSSR count). The van der Waals surface area contributed by atoms with E-state index >= 15 is 0 Å². The zero-order valence-electron chi connectivity index (χ0n) is 16.2. The van der Waals surface area contributed by atoms with Crippen LogP contribution in [0.15, 0.2) is 0 Å². The number of urea groups is 1. The van der Waals surface area contributed by atoms with E-state index in [4.69, 9.17) is 10.5 Å². The Morgan fingerprint density at radius 3 is 2.07 bits per heavy atom. The van der Waals surface area contributed by atoms with Crippen LogP contribution in [0.2, 0.25) is 0 Å². The lowest BCUT2D eigenvalue weighted by atomic mass is 9.78. The maximum absolute atomic E-state index is 13.0. The summed E-state index contributed by atoms with van der Waals surface area (Å²) in [6.07, 6.45) is 8.91. The molecule has 0 atom stereocenters. The Hall–Kier alpha value is -1.05. The molecule has 1 saturated carbocycles. The molecule has 0 aromatic carbocycles. The molecule has 2 saturated heterocycles. The second-order valence-corrected chi connectivity index (χ2v) is 8.12. The van der Waals surface area contributed by atoms with Crippen LogP contribution in [0, 0.1) is 5.41 Å². The summed E-state index contributed by atoms with van der Waals surface area (Å²) in [7, 11) is 0. The Kier molecular flexibility index (Phi) is 8.63. The number of hydrogen-bond acceptors (Lipinski definition) is 4. The van der Waals surface area contributed by atoms with Crippen molar-refractivity contribution in [3.8, 4) is 0 Å². The largest absolute Gasteiger partial charge is 0.381 e. The molecule has 0 aromatic heterocycles. The van der Waals surface area contributed by atoms with E-state index in [0.717, 1.165) is 25.7 Å². The summed E-state index contributed by atoms with van der Waals surface area (Å²) in [4.78, 5) is 27.1. The molecule has 1 aliphatic carbocycles. The van der Waals surface area contributed by atoms with Gasteiger partial charge in [-0.25, -0.2) is 4.79 Å². The number of carbonyl (C=O) groups excluding carboxylic acids is 2. The highest BCUT2D eigenvalue weighted by atomic mass is 35.5. The van der Waals surface area contributed by atoms with Gasteiger partial charge in [0.1, 0.15) is 0 Å². The second-order valence-electron chi connectivity index (χ2n) is 8.12.